The molecule has 23 heavy (non-hydrogen) atoms. The molecule has 1 aromatic carbocycles. The molecule has 2 aromatic rings. The van der Waals surface area contributed by atoms with Crippen LogP contribution in [0.1, 0.15) is 31.2 Å². The first-order valence-electron chi connectivity index (χ1n) is 8.10. The summed E-state index contributed by atoms with van der Waals surface area (Å²) in [5, 5.41) is 1.74. The number of anilines is 1. The molecule has 0 spiro atoms. The summed E-state index contributed by atoms with van der Waals surface area (Å²) in [6.07, 6.45) is 3.95. The van der Waals surface area contributed by atoms with Gasteiger partial charge >= 0.3 is 0 Å². The number of aromatic nitrogens is 2. The molecule has 0 radical (unpaired) electrons. The summed E-state index contributed by atoms with van der Waals surface area (Å²) in [6, 6.07) is 4.04. The van der Waals surface area contributed by atoms with E-state index in [9.17, 15) is 0 Å². The number of benzene rings is 1. The number of ether oxygens (including phenoxy) is 1. The van der Waals surface area contributed by atoms with Crippen molar-refractivity contribution in [3.05, 3.63) is 28.9 Å². The summed E-state index contributed by atoms with van der Waals surface area (Å²) in [6.45, 7) is 6.17. The van der Waals surface area contributed by atoms with Gasteiger partial charge in [-0.3, -0.25) is 4.90 Å². The van der Waals surface area contributed by atoms with Crippen molar-refractivity contribution in [2.24, 2.45) is 0 Å². The molecule has 1 aromatic heterocycles. The molecule has 3 heterocycles. The number of nitrogen functional groups attached to an aromatic ring is 1. The van der Waals surface area contributed by atoms with E-state index in [-0.39, 0.29) is 5.54 Å². The third-order valence-corrected chi connectivity index (χ3v) is 5.57. The Balaban J connectivity index is 1.56. The van der Waals surface area contributed by atoms with Gasteiger partial charge in [-0.05, 0) is 56.5 Å². The van der Waals surface area contributed by atoms with Gasteiger partial charge in [-0.15, -0.1) is 0 Å². The van der Waals surface area contributed by atoms with E-state index in [1.54, 1.807) is 6.20 Å². The van der Waals surface area contributed by atoms with Crippen LogP contribution in [0.5, 0.6) is 0 Å². The summed E-state index contributed by atoms with van der Waals surface area (Å²) in [5.41, 5.74) is 8.00. The van der Waals surface area contributed by atoms with Crippen molar-refractivity contribution >= 4 is 28.5 Å². The average Bonchev–Trinajstić information content (AvgIpc) is 2.52. The van der Waals surface area contributed by atoms with Crippen LogP contribution in [0, 0.1) is 0 Å². The largest absolute Gasteiger partial charge is 0.377 e. The zero-order valence-corrected chi connectivity index (χ0v) is 14.0. The highest BCUT2D eigenvalue weighted by atomic mass is 35.5. The topological polar surface area (TPSA) is 64.3 Å². The number of piperidine rings is 1. The molecular formula is C17H21ClN4O. The van der Waals surface area contributed by atoms with E-state index in [1.807, 2.05) is 6.07 Å². The average molecular weight is 333 g/mol. The molecule has 122 valence electrons. The maximum Gasteiger partial charge on any atom is 0.220 e. The van der Waals surface area contributed by atoms with Gasteiger partial charge in [-0.1, -0.05) is 11.6 Å². The standard InChI is InChI=1S/C17H21ClN4O/c1-17(9-23-10-17)22-4-2-11(3-5-22)13-7-15-12(6-14(13)18)8-20-16(19)21-15/h6-8,11H,2-5,9-10H2,1H3,(H2,19,20,21). The van der Waals surface area contributed by atoms with E-state index in [4.69, 9.17) is 22.1 Å². The molecule has 0 unspecified atom stereocenters. The van der Waals surface area contributed by atoms with E-state index >= 15 is 0 Å². The lowest BCUT2D eigenvalue weighted by Crippen LogP contribution is -2.61. The van der Waals surface area contributed by atoms with E-state index in [0.717, 1.165) is 55.1 Å². The van der Waals surface area contributed by atoms with Crippen molar-refractivity contribution in [3.63, 3.8) is 0 Å². The summed E-state index contributed by atoms with van der Waals surface area (Å²) < 4.78 is 5.39. The molecule has 0 bridgehead atoms. The number of likely N-dealkylation sites (tertiary alicyclic amines) is 1. The zero-order chi connectivity index (χ0) is 16.0. The summed E-state index contributed by atoms with van der Waals surface area (Å²) in [7, 11) is 0. The number of hydrogen-bond donors (Lipinski definition) is 1. The number of hydrogen-bond acceptors (Lipinski definition) is 5. The SMILES string of the molecule is CC1(N2CCC(c3cc4nc(N)ncc4cc3Cl)CC2)COC1. The molecule has 2 aliphatic rings. The second-order valence-corrected chi connectivity index (χ2v) is 7.32. The smallest absolute Gasteiger partial charge is 0.220 e. The molecule has 2 aliphatic heterocycles. The van der Waals surface area contributed by atoms with Crippen molar-refractivity contribution in [2.75, 3.05) is 32.0 Å². The Labute approximate surface area is 140 Å². The zero-order valence-electron chi connectivity index (χ0n) is 13.3. The van der Waals surface area contributed by atoms with E-state index < -0.39 is 0 Å². The predicted octanol–water partition coefficient (Wildman–Crippen LogP) is 2.83. The number of nitrogens with zero attached hydrogens (tertiary/aromatic N) is 3. The Kier molecular flexibility index (Phi) is 3.67. The second kappa shape index (κ2) is 5.58. The Morgan fingerprint density at radius 2 is 2.04 bits per heavy atom. The van der Waals surface area contributed by atoms with Crippen LogP contribution in [-0.4, -0.2) is 46.7 Å². The molecule has 0 aliphatic carbocycles. The first kappa shape index (κ1) is 15.1. The van der Waals surface area contributed by atoms with Crippen LogP contribution in [0.2, 0.25) is 5.02 Å². The van der Waals surface area contributed by atoms with Gasteiger partial charge in [-0.2, -0.15) is 0 Å². The minimum absolute atomic E-state index is 0.236. The summed E-state index contributed by atoms with van der Waals surface area (Å²) in [4.78, 5) is 10.9. The molecule has 0 atom stereocenters. The highest BCUT2D eigenvalue weighted by Crippen LogP contribution is 2.37. The van der Waals surface area contributed by atoms with Gasteiger partial charge in [0.1, 0.15) is 0 Å². The lowest BCUT2D eigenvalue weighted by Gasteiger charge is -2.50. The molecule has 4 rings (SSSR count). The van der Waals surface area contributed by atoms with Gasteiger partial charge in [0.15, 0.2) is 0 Å². The maximum atomic E-state index is 6.52. The first-order valence-corrected chi connectivity index (χ1v) is 8.47. The fourth-order valence-electron chi connectivity index (χ4n) is 3.70. The van der Waals surface area contributed by atoms with E-state index in [1.165, 1.54) is 5.56 Å². The van der Waals surface area contributed by atoms with Crippen LogP contribution in [0.15, 0.2) is 18.3 Å². The van der Waals surface area contributed by atoms with Gasteiger partial charge in [0.05, 0.1) is 24.3 Å². The molecule has 5 nitrogen and oxygen atoms in total. The highest BCUT2D eigenvalue weighted by Gasteiger charge is 2.41. The molecule has 2 saturated heterocycles. The minimum Gasteiger partial charge on any atom is -0.377 e. The second-order valence-electron chi connectivity index (χ2n) is 6.91. The third-order valence-electron chi connectivity index (χ3n) is 5.24. The number of rotatable bonds is 2. The Bertz CT molecular complexity index is 739. The quantitative estimate of drug-likeness (QED) is 0.916. The van der Waals surface area contributed by atoms with E-state index in [2.05, 4.69) is 27.9 Å². The molecule has 2 fully saturated rings. The molecule has 6 heteroatoms. The number of fused-ring (bicyclic) bond motifs is 1. The lowest BCUT2D eigenvalue weighted by molar-refractivity contribution is -0.136. The third kappa shape index (κ3) is 2.67. The van der Waals surface area contributed by atoms with Crippen molar-refractivity contribution in [3.8, 4) is 0 Å². The van der Waals surface area contributed by atoms with E-state index in [0.29, 0.717) is 11.9 Å². The summed E-state index contributed by atoms with van der Waals surface area (Å²) >= 11 is 6.52. The monoisotopic (exact) mass is 332 g/mol. The maximum absolute atomic E-state index is 6.52. The summed E-state index contributed by atoms with van der Waals surface area (Å²) in [5.74, 6) is 0.780. The van der Waals surface area contributed by atoms with Crippen LogP contribution in [0.4, 0.5) is 5.95 Å². The first-order chi connectivity index (χ1) is 11.0. The number of halogens is 1. The van der Waals surface area contributed by atoms with Crippen molar-refractivity contribution < 1.29 is 4.74 Å². The van der Waals surface area contributed by atoms with Gasteiger partial charge < -0.3 is 10.5 Å². The van der Waals surface area contributed by atoms with Crippen LogP contribution in [-0.2, 0) is 4.74 Å². The normalized spacial score (nSPS) is 22.2. The van der Waals surface area contributed by atoms with Crippen molar-refractivity contribution in [2.45, 2.75) is 31.2 Å². The molecule has 0 amide bonds. The highest BCUT2D eigenvalue weighted by molar-refractivity contribution is 6.32. The molecular weight excluding hydrogens is 312 g/mol. The van der Waals surface area contributed by atoms with Crippen LogP contribution >= 0.6 is 11.6 Å². The fraction of sp³-hybridized carbons (Fsp3) is 0.529. The number of nitrogens with two attached hydrogens (primary N) is 1. The van der Waals surface area contributed by atoms with Crippen LogP contribution in [0.3, 0.4) is 0 Å². The minimum atomic E-state index is 0.236. The fourth-order valence-corrected chi connectivity index (χ4v) is 4.03. The van der Waals surface area contributed by atoms with Crippen LogP contribution < -0.4 is 5.73 Å². The van der Waals surface area contributed by atoms with Crippen molar-refractivity contribution in [1.29, 1.82) is 0 Å². The Morgan fingerprint density at radius 1 is 1.30 bits per heavy atom. The lowest BCUT2D eigenvalue weighted by atomic mass is 9.86. The molecule has 0 saturated carbocycles. The molecule has 2 N–H and O–H groups in total. The van der Waals surface area contributed by atoms with Gasteiger partial charge in [0.25, 0.3) is 0 Å². The van der Waals surface area contributed by atoms with Gasteiger partial charge in [-0.25, -0.2) is 9.97 Å². The van der Waals surface area contributed by atoms with Crippen molar-refractivity contribution in [1.82, 2.24) is 14.9 Å². The Morgan fingerprint density at radius 3 is 2.70 bits per heavy atom. The van der Waals surface area contributed by atoms with Gasteiger partial charge in [0, 0.05) is 16.6 Å². The van der Waals surface area contributed by atoms with Gasteiger partial charge in [0.2, 0.25) is 5.95 Å². The predicted molar refractivity (Wildman–Crippen MR) is 91.7 cm³/mol. The Hall–Kier alpha value is -1.43. The van der Waals surface area contributed by atoms with Crippen LogP contribution in [0.25, 0.3) is 10.9 Å².